The quantitative estimate of drug-likeness (QED) is 0.296. The molecule has 1 aliphatic heterocycles. The number of nitroso groups, excluding NO2 is 1. The number of ether oxygens (including phenoxy) is 1. The number of carbonyl (C=O) groups excluding carboxylic acids is 1. The Morgan fingerprint density at radius 2 is 1.78 bits per heavy atom. The van der Waals surface area contributed by atoms with Crippen LogP contribution in [0, 0.1) is 4.91 Å². The largest absolute Gasteiger partial charge is 0.418 e. The molecule has 2 aliphatic rings. The summed E-state index contributed by atoms with van der Waals surface area (Å²) in [5.74, 6) is 0.824. The Morgan fingerprint density at radius 3 is 2.46 bits per heavy atom. The summed E-state index contributed by atoms with van der Waals surface area (Å²) < 4.78 is 46.0. The highest BCUT2D eigenvalue weighted by atomic mass is 35.5. The first-order valence-electron chi connectivity index (χ1n) is 13.6. The molecule has 0 radical (unpaired) electrons. The van der Waals surface area contributed by atoms with E-state index in [1.165, 1.54) is 6.07 Å². The topological polar surface area (TPSA) is 78.3 Å². The smallest absolute Gasteiger partial charge is 0.372 e. The third-order valence-electron chi connectivity index (χ3n) is 8.02. The molecule has 3 aromatic rings. The zero-order valence-electron chi connectivity index (χ0n) is 22.6. The number of piperazine rings is 1. The summed E-state index contributed by atoms with van der Waals surface area (Å²) in [6, 6.07) is 13.2. The van der Waals surface area contributed by atoms with Crippen molar-refractivity contribution in [3.8, 4) is 0 Å². The maximum absolute atomic E-state index is 13.3. The van der Waals surface area contributed by atoms with Gasteiger partial charge in [0.2, 0.25) is 5.91 Å². The fourth-order valence-electron chi connectivity index (χ4n) is 5.59. The van der Waals surface area contributed by atoms with Crippen LogP contribution >= 0.6 is 11.6 Å². The van der Waals surface area contributed by atoms with E-state index in [2.05, 4.69) is 10.1 Å². The molecule has 1 aliphatic carbocycles. The lowest BCUT2D eigenvalue weighted by molar-refractivity contribution is -0.139. The van der Waals surface area contributed by atoms with Crippen molar-refractivity contribution in [3.05, 3.63) is 64.0 Å². The Bertz CT molecular complexity index is 1410. The number of anilines is 2. The minimum atomic E-state index is -4.66. The molecule has 1 amide bonds. The van der Waals surface area contributed by atoms with Gasteiger partial charge in [0.25, 0.3) is 0 Å². The molecule has 5 rings (SSSR count). The lowest BCUT2D eigenvalue weighted by Gasteiger charge is -2.37. The van der Waals surface area contributed by atoms with E-state index in [4.69, 9.17) is 21.3 Å². The Kier molecular flexibility index (Phi) is 8.65. The van der Waals surface area contributed by atoms with E-state index in [9.17, 15) is 22.9 Å². The minimum absolute atomic E-state index is 0.00918. The van der Waals surface area contributed by atoms with E-state index in [0.29, 0.717) is 62.6 Å². The van der Waals surface area contributed by atoms with Gasteiger partial charge in [0.15, 0.2) is 0 Å². The second kappa shape index (κ2) is 12.2. The van der Waals surface area contributed by atoms with Crippen molar-refractivity contribution in [2.75, 3.05) is 49.6 Å². The SMILES string of the molecule is CN(c1ccc(N=O)c(C(F)(F)F)c1)C1CCC(OCC(=O)N2CCN(c3ccc4cc(Cl)ccc4n3)CC2)CC1. The summed E-state index contributed by atoms with van der Waals surface area (Å²) in [5.41, 5.74) is -0.397. The summed E-state index contributed by atoms with van der Waals surface area (Å²) in [6.45, 7) is 2.52. The van der Waals surface area contributed by atoms with Gasteiger partial charge in [-0.15, -0.1) is 4.91 Å². The molecule has 1 saturated carbocycles. The number of hydrogen-bond acceptors (Lipinski definition) is 7. The highest BCUT2D eigenvalue weighted by molar-refractivity contribution is 6.31. The van der Waals surface area contributed by atoms with E-state index in [1.807, 2.05) is 40.1 Å². The van der Waals surface area contributed by atoms with Crippen LogP contribution in [0.15, 0.2) is 53.7 Å². The van der Waals surface area contributed by atoms with Crippen molar-refractivity contribution >= 4 is 45.6 Å². The average molecular weight is 590 g/mol. The van der Waals surface area contributed by atoms with E-state index < -0.39 is 17.4 Å². The van der Waals surface area contributed by atoms with Crippen molar-refractivity contribution in [2.24, 2.45) is 5.18 Å². The number of alkyl halides is 3. The summed E-state index contributed by atoms with van der Waals surface area (Å²) in [5, 5.41) is 4.17. The van der Waals surface area contributed by atoms with E-state index >= 15 is 0 Å². The number of benzene rings is 2. The predicted molar refractivity (Wildman–Crippen MR) is 153 cm³/mol. The van der Waals surface area contributed by atoms with Crippen LogP contribution in [0.25, 0.3) is 10.9 Å². The van der Waals surface area contributed by atoms with Crippen molar-refractivity contribution in [1.82, 2.24) is 9.88 Å². The van der Waals surface area contributed by atoms with Crippen LogP contribution in [-0.2, 0) is 15.7 Å². The van der Waals surface area contributed by atoms with Gasteiger partial charge < -0.3 is 19.4 Å². The monoisotopic (exact) mass is 589 g/mol. The van der Waals surface area contributed by atoms with E-state index in [0.717, 1.165) is 28.9 Å². The summed E-state index contributed by atoms with van der Waals surface area (Å²) >= 11 is 6.07. The fraction of sp³-hybridized carbons (Fsp3) is 0.448. The third-order valence-corrected chi connectivity index (χ3v) is 8.25. The van der Waals surface area contributed by atoms with Crippen molar-refractivity contribution < 1.29 is 22.7 Å². The molecule has 2 aromatic carbocycles. The molecular formula is C29H31ClF3N5O3. The molecular weight excluding hydrogens is 559 g/mol. The molecule has 0 bridgehead atoms. The number of carbonyl (C=O) groups is 1. The first-order valence-corrected chi connectivity index (χ1v) is 14.0. The molecule has 8 nitrogen and oxygen atoms in total. The molecule has 0 N–H and O–H groups in total. The van der Waals surface area contributed by atoms with Crippen LogP contribution in [0.4, 0.5) is 30.4 Å². The van der Waals surface area contributed by atoms with Crippen molar-refractivity contribution in [3.63, 3.8) is 0 Å². The molecule has 0 unspecified atom stereocenters. The molecule has 218 valence electrons. The number of pyridine rings is 1. The highest BCUT2D eigenvalue weighted by Crippen LogP contribution is 2.39. The maximum Gasteiger partial charge on any atom is 0.418 e. The third kappa shape index (κ3) is 6.73. The van der Waals surface area contributed by atoms with Gasteiger partial charge in [-0.1, -0.05) is 11.6 Å². The second-order valence-electron chi connectivity index (χ2n) is 10.5. The molecule has 1 aromatic heterocycles. The van der Waals surface area contributed by atoms with Crippen molar-refractivity contribution in [1.29, 1.82) is 0 Å². The fourth-order valence-corrected chi connectivity index (χ4v) is 5.77. The number of rotatable bonds is 7. The van der Waals surface area contributed by atoms with Gasteiger partial charge in [-0.25, -0.2) is 4.98 Å². The van der Waals surface area contributed by atoms with Crippen LogP contribution in [0.2, 0.25) is 5.02 Å². The average Bonchev–Trinajstić information content (AvgIpc) is 2.98. The standard InChI is InChI=1S/C29H31ClF3N5O3/c1-36(22-6-10-26(35-40)24(17-22)29(31,32)33)21-4-7-23(8-5-21)41-18-28(39)38-14-12-37(13-15-38)27-11-2-19-16-20(30)3-9-25(19)34-27/h2-3,6,9-11,16-17,21,23H,4-5,7-8,12-15,18H2,1H3. The molecule has 0 atom stereocenters. The summed E-state index contributed by atoms with van der Waals surface area (Å²) in [7, 11) is 1.75. The van der Waals surface area contributed by atoms with Gasteiger partial charge in [0.1, 0.15) is 18.1 Å². The van der Waals surface area contributed by atoms with Crippen LogP contribution in [0.5, 0.6) is 0 Å². The Morgan fingerprint density at radius 1 is 1.05 bits per heavy atom. The molecule has 2 fully saturated rings. The van der Waals surface area contributed by atoms with Crippen LogP contribution in [-0.4, -0.2) is 67.8 Å². The molecule has 12 heteroatoms. The molecule has 41 heavy (non-hydrogen) atoms. The molecule has 2 heterocycles. The minimum Gasteiger partial charge on any atom is -0.372 e. The van der Waals surface area contributed by atoms with Gasteiger partial charge in [-0.3, -0.25) is 4.79 Å². The van der Waals surface area contributed by atoms with Gasteiger partial charge in [0.05, 0.1) is 17.2 Å². The lowest BCUT2D eigenvalue weighted by atomic mass is 9.91. The van der Waals surface area contributed by atoms with Gasteiger partial charge in [-0.2, -0.15) is 13.2 Å². The number of halogens is 4. The number of amides is 1. The zero-order valence-corrected chi connectivity index (χ0v) is 23.4. The predicted octanol–water partition coefficient (Wildman–Crippen LogP) is 6.42. The molecule has 0 spiro atoms. The molecule has 1 saturated heterocycles. The lowest BCUT2D eigenvalue weighted by Crippen LogP contribution is -2.50. The zero-order chi connectivity index (χ0) is 29.1. The first-order chi connectivity index (χ1) is 19.6. The number of nitrogens with zero attached hydrogens (tertiary/aromatic N) is 5. The first kappa shape index (κ1) is 29.1. The Hall–Kier alpha value is -3.44. The Labute approximate surface area is 241 Å². The maximum atomic E-state index is 13.3. The van der Waals surface area contributed by atoms with E-state index in [1.54, 1.807) is 7.05 Å². The normalized spacial score (nSPS) is 19.8. The van der Waals surface area contributed by atoms with Crippen LogP contribution in [0.3, 0.4) is 0 Å². The Balaban J connectivity index is 1.07. The highest BCUT2D eigenvalue weighted by Gasteiger charge is 2.35. The van der Waals surface area contributed by atoms with Gasteiger partial charge in [-0.05, 0) is 79.4 Å². The summed E-state index contributed by atoms with van der Waals surface area (Å²) in [6.07, 6.45) is -1.90. The number of fused-ring (bicyclic) bond motifs is 1. The van der Waals surface area contributed by atoms with Gasteiger partial charge in [0, 0.05) is 55.4 Å². The van der Waals surface area contributed by atoms with Crippen LogP contribution in [0.1, 0.15) is 31.2 Å². The second-order valence-corrected chi connectivity index (χ2v) is 11.0. The van der Waals surface area contributed by atoms with Gasteiger partial charge >= 0.3 is 6.18 Å². The van der Waals surface area contributed by atoms with E-state index in [-0.39, 0.29) is 24.7 Å². The van der Waals surface area contributed by atoms with Crippen LogP contribution < -0.4 is 9.80 Å². The number of aromatic nitrogens is 1. The number of hydrogen-bond donors (Lipinski definition) is 0. The van der Waals surface area contributed by atoms with Crippen molar-refractivity contribution in [2.45, 2.75) is 44.0 Å². The summed E-state index contributed by atoms with van der Waals surface area (Å²) in [4.78, 5) is 34.2.